The van der Waals surface area contributed by atoms with E-state index >= 15 is 0 Å². The third-order valence-electron chi connectivity index (χ3n) is 5.63. The van der Waals surface area contributed by atoms with Gasteiger partial charge in [-0.1, -0.05) is 41.9 Å². The molecule has 0 saturated heterocycles. The number of benzene rings is 3. The monoisotopic (exact) mass is 514 g/mol. The molecule has 0 aliphatic heterocycles. The Bertz CT molecular complexity index is 1490. The van der Waals surface area contributed by atoms with Crippen LogP contribution in [0.2, 0.25) is 5.02 Å². The Morgan fingerprint density at radius 3 is 2.29 bits per heavy atom. The highest BCUT2D eigenvalue weighted by atomic mass is 35.5. The normalized spacial score (nSPS) is 12.2. The first kappa shape index (κ1) is 25.1. The average Bonchev–Trinajstić information content (AvgIpc) is 3.24. The van der Waals surface area contributed by atoms with Crippen LogP contribution in [0.5, 0.6) is 0 Å². The van der Waals surface area contributed by atoms with E-state index in [0.29, 0.717) is 22.5 Å². The Morgan fingerprint density at radius 1 is 1.06 bits per heavy atom. The van der Waals surface area contributed by atoms with Crippen molar-refractivity contribution in [2.24, 2.45) is 0 Å². The second kappa shape index (κ2) is 9.20. The molecular weight excluding hydrogens is 491 g/mol. The van der Waals surface area contributed by atoms with Crippen molar-refractivity contribution in [3.8, 4) is 28.2 Å². The molecule has 6 nitrogen and oxygen atoms in total. The number of hydrogen-bond acceptors (Lipinski definition) is 5. The Labute approximate surface area is 208 Å². The van der Waals surface area contributed by atoms with Crippen molar-refractivity contribution in [1.82, 2.24) is 9.55 Å². The van der Waals surface area contributed by atoms with E-state index in [1.807, 2.05) is 0 Å². The molecule has 2 N–H and O–H groups in total. The van der Waals surface area contributed by atoms with Crippen LogP contribution in [0.4, 0.5) is 4.39 Å². The zero-order valence-corrected chi connectivity index (χ0v) is 20.9. The third kappa shape index (κ3) is 5.01. The van der Waals surface area contributed by atoms with Gasteiger partial charge in [-0.3, -0.25) is 4.57 Å². The zero-order chi connectivity index (χ0) is 25.5. The first-order valence-electron chi connectivity index (χ1n) is 10.7. The number of imidazole rings is 1. The molecule has 0 unspecified atom stereocenters. The lowest BCUT2D eigenvalue weighted by Gasteiger charge is -2.13. The molecule has 0 spiro atoms. The zero-order valence-electron chi connectivity index (χ0n) is 19.3. The van der Waals surface area contributed by atoms with E-state index in [-0.39, 0.29) is 27.9 Å². The minimum Gasteiger partial charge on any atom is -0.392 e. The van der Waals surface area contributed by atoms with Crippen molar-refractivity contribution in [2.75, 3.05) is 6.26 Å². The number of aromatic nitrogens is 2. The van der Waals surface area contributed by atoms with Gasteiger partial charge in [0.15, 0.2) is 9.84 Å². The molecule has 3 aromatic carbocycles. The van der Waals surface area contributed by atoms with Gasteiger partial charge in [0.1, 0.15) is 17.2 Å². The summed E-state index contributed by atoms with van der Waals surface area (Å²) < 4.78 is 40.7. The fraction of sp³-hybridized carbons (Fsp3) is 0.192. The van der Waals surface area contributed by atoms with Crippen molar-refractivity contribution < 1.29 is 23.0 Å². The summed E-state index contributed by atoms with van der Waals surface area (Å²) in [4.78, 5) is 4.56. The van der Waals surface area contributed by atoms with Crippen molar-refractivity contribution in [3.63, 3.8) is 0 Å². The molecule has 0 aliphatic rings. The molecule has 1 aromatic heterocycles. The molecule has 0 saturated carbocycles. The van der Waals surface area contributed by atoms with Gasteiger partial charge in [0.25, 0.3) is 0 Å². The van der Waals surface area contributed by atoms with E-state index in [1.54, 1.807) is 67.1 Å². The summed E-state index contributed by atoms with van der Waals surface area (Å²) in [6.45, 7) is 2.79. The molecule has 35 heavy (non-hydrogen) atoms. The molecule has 182 valence electrons. The van der Waals surface area contributed by atoms with E-state index in [1.165, 1.54) is 18.2 Å². The predicted molar refractivity (Wildman–Crippen MR) is 134 cm³/mol. The Kier molecular flexibility index (Phi) is 6.59. The molecule has 9 heteroatoms. The first-order chi connectivity index (χ1) is 16.4. The maximum Gasteiger partial charge on any atom is 0.175 e. The van der Waals surface area contributed by atoms with Crippen molar-refractivity contribution in [3.05, 3.63) is 89.0 Å². The SMILES string of the molecule is CC(C)(O)c1cn(-c2ccc(-c3ccc(CO)c(S(C)(=O)=O)c3)cc2)c(-c2c(F)cccc2Cl)n1. The molecule has 0 atom stereocenters. The van der Waals surface area contributed by atoms with Crippen LogP contribution in [0.1, 0.15) is 25.1 Å². The fourth-order valence-corrected chi connectivity index (χ4v) is 4.98. The smallest absolute Gasteiger partial charge is 0.175 e. The van der Waals surface area contributed by atoms with Crippen molar-refractivity contribution in [1.29, 1.82) is 0 Å². The van der Waals surface area contributed by atoms with Gasteiger partial charge in [-0.05, 0) is 60.9 Å². The Hall–Kier alpha value is -3.04. The van der Waals surface area contributed by atoms with Crippen molar-refractivity contribution >= 4 is 21.4 Å². The summed E-state index contributed by atoms with van der Waals surface area (Å²) in [7, 11) is -3.53. The molecule has 1 heterocycles. The number of aliphatic hydroxyl groups is 2. The lowest BCUT2D eigenvalue weighted by atomic mass is 10.0. The molecule has 0 fully saturated rings. The number of sulfone groups is 1. The quantitative estimate of drug-likeness (QED) is 0.372. The second-order valence-electron chi connectivity index (χ2n) is 8.78. The average molecular weight is 515 g/mol. The maximum atomic E-state index is 14.8. The molecular formula is C26H24ClFN2O4S. The van der Waals surface area contributed by atoms with E-state index in [9.17, 15) is 23.0 Å². The second-order valence-corrected chi connectivity index (χ2v) is 11.2. The molecule has 0 amide bonds. The maximum absolute atomic E-state index is 14.8. The van der Waals surface area contributed by atoms with Crippen LogP contribution in [0.15, 0.2) is 71.8 Å². The van der Waals surface area contributed by atoms with Crippen LogP contribution in [0, 0.1) is 5.82 Å². The highest BCUT2D eigenvalue weighted by Crippen LogP contribution is 2.34. The van der Waals surface area contributed by atoms with Gasteiger partial charge in [-0.2, -0.15) is 0 Å². The first-order valence-corrected chi connectivity index (χ1v) is 13.0. The number of rotatable bonds is 6. The minimum absolute atomic E-state index is 0.0717. The fourth-order valence-electron chi connectivity index (χ4n) is 3.78. The van der Waals surface area contributed by atoms with Crippen LogP contribution in [-0.4, -0.2) is 34.4 Å². The summed E-state index contributed by atoms with van der Waals surface area (Å²) in [5, 5.41) is 20.2. The lowest BCUT2D eigenvalue weighted by molar-refractivity contribution is 0.0743. The summed E-state index contributed by atoms with van der Waals surface area (Å²) >= 11 is 6.31. The minimum atomic E-state index is -3.53. The van der Waals surface area contributed by atoms with Gasteiger partial charge in [-0.15, -0.1) is 0 Å². The largest absolute Gasteiger partial charge is 0.392 e. The summed E-state index contributed by atoms with van der Waals surface area (Å²) in [6.07, 6.45) is 2.73. The van der Waals surface area contributed by atoms with Gasteiger partial charge in [-0.25, -0.2) is 17.8 Å². The van der Waals surface area contributed by atoms with Crippen LogP contribution >= 0.6 is 11.6 Å². The van der Waals surface area contributed by atoms with E-state index in [2.05, 4.69) is 4.98 Å². The predicted octanol–water partition coefficient (Wildman–Crippen LogP) is 5.12. The number of nitrogens with zero attached hydrogens (tertiary/aromatic N) is 2. The topological polar surface area (TPSA) is 92.4 Å². The highest BCUT2D eigenvalue weighted by Gasteiger charge is 2.25. The Morgan fingerprint density at radius 2 is 1.71 bits per heavy atom. The number of hydrogen-bond donors (Lipinski definition) is 2. The van der Waals surface area contributed by atoms with E-state index in [0.717, 1.165) is 11.8 Å². The van der Waals surface area contributed by atoms with Crippen LogP contribution in [0.25, 0.3) is 28.2 Å². The van der Waals surface area contributed by atoms with E-state index < -0.39 is 21.3 Å². The molecule has 4 rings (SSSR count). The summed E-state index contributed by atoms with van der Waals surface area (Å²) in [6, 6.07) is 16.4. The highest BCUT2D eigenvalue weighted by molar-refractivity contribution is 7.90. The summed E-state index contributed by atoms with van der Waals surface area (Å²) in [5.41, 5.74) is 1.57. The molecule has 0 radical (unpaired) electrons. The van der Waals surface area contributed by atoms with Gasteiger partial charge >= 0.3 is 0 Å². The molecule has 4 aromatic rings. The summed E-state index contributed by atoms with van der Waals surface area (Å²) in [5.74, 6) is -0.301. The third-order valence-corrected chi connectivity index (χ3v) is 7.13. The van der Waals surface area contributed by atoms with Crippen LogP contribution in [0.3, 0.4) is 0 Å². The van der Waals surface area contributed by atoms with Crippen LogP contribution < -0.4 is 0 Å². The van der Waals surface area contributed by atoms with E-state index in [4.69, 9.17) is 11.6 Å². The number of aliphatic hydroxyl groups excluding tert-OH is 1. The standard InChI is InChI=1S/C26H24ClFN2O4S/c1-26(2,32)23-14-30(25(29-23)24-20(27)5-4-6-21(24)28)19-11-9-16(10-12-19)17-7-8-18(15-31)22(13-17)35(3,33)34/h4-14,31-32H,15H2,1-3H3. The van der Waals surface area contributed by atoms with Crippen molar-refractivity contribution in [2.45, 2.75) is 31.0 Å². The van der Waals surface area contributed by atoms with Gasteiger partial charge in [0.05, 0.1) is 27.8 Å². The number of halogens is 2. The molecule has 0 bridgehead atoms. The Balaban J connectivity index is 1.83. The molecule has 0 aliphatic carbocycles. The lowest BCUT2D eigenvalue weighted by Crippen LogP contribution is -2.15. The van der Waals surface area contributed by atoms with Gasteiger partial charge in [0, 0.05) is 18.1 Å². The van der Waals surface area contributed by atoms with Gasteiger partial charge < -0.3 is 10.2 Å². The van der Waals surface area contributed by atoms with Gasteiger partial charge in [0.2, 0.25) is 0 Å². The van der Waals surface area contributed by atoms with Crippen LogP contribution in [-0.2, 0) is 22.0 Å².